The Labute approximate surface area is 167 Å². The molecule has 0 aromatic heterocycles. The topological polar surface area (TPSA) is 9.23 Å². The molecule has 0 aliphatic heterocycles. The number of hydrogen-bond acceptors (Lipinski definition) is 1. The average Bonchev–Trinajstić information content (AvgIpc) is 2.72. The van der Waals surface area contributed by atoms with Gasteiger partial charge in [0.15, 0.2) is 0 Å². The molecule has 2 aromatic rings. The third-order valence-electron chi connectivity index (χ3n) is 5.53. The lowest BCUT2D eigenvalue weighted by molar-refractivity contribution is 0.304. The van der Waals surface area contributed by atoms with Crippen LogP contribution in [0.3, 0.4) is 0 Å². The number of ether oxygens (including phenoxy) is 1. The maximum Gasteiger partial charge on any atom is 0.119 e. The summed E-state index contributed by atoms with van der Waals surface area (Å²) in [6, 6.07) is 17.6. The molecule has 0 bridgehead atoms. The summed E-state index contributed by atoms with van der Waals surface area (Å²) in [7, 11) is 0. The molecule has 0 fully saturated rings. The Morgan fingerprint density at radius 3 is 1.96 bits per heavy atom. The van der Waals surface area contributed by atoms with Gasteiger partial charge in [0.1, 0.15) is 5.75 Å². The molecule has 0 saturated carbocycles. The summed E-state index contributed by atoms with van der Waals surface area (Å²) in [6.45, 7) is 7.70. The van der Waals surface area contributed by atoms with Gasteiger partial charge in [0.05, 0.1) is 6.61 Å². The highest BCUT2D eigenvalue weighted by Crippen LogP contribution is 2.24. The Hall–Kier alpha value is -1.76. The van der Waals surface area contributed by atoms with Crippen LogP contribution in [0.25, 0.3) is 11.1 Å². The molecule has 0 saturated heterocycles. The summed E-state index contributed by atoms with van der Waals surface area (Å²) in [5.41, 5.74) is 3.98. The van der Waals surface area contributed by atoms with E-state index in [0.717, 1.165) is 24.7 Å². The second kappa shape index (κ2) is 12.6. The maximum absolute atomic E-state index is 5.89. The number of hydrogen-bond donors (Lipinski definition) is 0. The van der Waals surface area contributed by atoms with Gasteiger partial charge in [0, 0.05) is 0 Å². The predicted octanol–water partition coefficient (Wildman–Crippen LogP) is 8.07. The molecule has 0 radical (unpaired) electrons. The van der Waals surface area contributed by atoms with Crippen molar-refractivity contribution in [1.82, 2.24) is 0 Å². The average molecular weight is 367 g/mol. The first-order chi connectivity index (χ1) is 13.2. The molecule has 0 amide bonds. The molecule has 0 aliphatic carbocycles. The monoisotopic (exact) mass is 366 g/mol. The molecule has 0 aliphatic rings. The maximum atomic E-state index is 5.89. The predicted molar refractivity (Wildman–Crippen MR) is 119 cm³/mol. The van der Waals surface area contributed by atoms with Crippen LogP contribution in [0.1, 0.15) is 77.7 Å². The largest absolute Gasteiger partial charge is 0.494 e. The van der Waals surface area contributed by atoms with Gasteiger partial charge in [-0.25, -0.2) is 0 Å². The molecule has 1 heteroatoms. The number of unbranched alkanes of at least 4 members (excludes halogenated alkanes) is 5. The van der Waals surface area contributed by atoms with Crippen molar-refractivity contribution in [2.24, 2.45) is 5.92 Å². The van der Waals surface area contributed by atoms with Crippen LogP contribution in [0.15, 0.2) is 48.5 Å². The van der Waals surface area contributed by atoms with Gasteiger partial charge in [-0.3, -0.25) is 0 Å². The zero-order valence-electron chi connectivity index (χ0n) is 17.7. The fraction of sp³-hybridized carbons (Fsp3) is 0.538. The minimum absolute atomic E-state index is 0.813. The van der Waals surface area contributed by atoms with Crippen LogP contribution in [0, 0.1) is 5.92 Å². The van der Waals surface area contributed by atoms with Crippen LogP contribution in [0.2, 0.25) is 0 Å². The minimum atomic E-state index is 0.813. The van der Waals surface area contributed by atoms with Gasteiger partial charge in [0.25, 0.3) is 0 Å². The zero-order chi connectivity index (χ0) is 19.3. The molecule has 0 heterocycles. The number of aryl methyl sites for hydroxylation is 1. The molecule has 0 unspecified atom stereocenters. The molecular weight excluding hydrogens is 328 g/mol. The summed E-state index contributed by atoms with van der Waals surface area (Å²) < 4.78 is 5.89. The van der Waals surface area contributed by atoms with Crippen LogP contribution in [-0.2, 0) is 6.42 Å². The summed E-state index contributed by atoms with van der Waals surface area (Å²) >= 11 is 0. The third kappa shape index (κ3) is 8.20. The van der Waals surface area contributed by atoms with Gasteiger partial charge in [-0.15, -0.1) is 0 Å². The third-order valence-corrected chi connectivity index (χ3v) is 5.53. The first kappa shape index (κ1) is 21.5. The van der Waals surface area contributed by atoms with Crippen LogP contribution < -0.4 is 4.74 Å². The van der Waals surface area contributed by atoms with E-state index in [9.17, 15) is 0 Å². The molecule has 2 aromatic carbocycles. The smallest absolute Gasteiger partial charge is 0.119 e. The van der Waals surface area contributed by atoms with Crippen molar-refractivity contribution in [3.63, 3.8) is 0 Å². The van der Waals surface area contributed by atoms with Crippen LogP contribution in [-0.4, -0.2) is 6.61 Å². The summed E-state index contributed by atoms with van der Waals surface area (Å²) in [5.74, 6) is 1.80. The highest BCUT2D eigenvalue weighted by molar-refractivity contribution is 5.64. The molecule has 1 nitrogen and oxygen atoms in total. The van der Waals surface area contributed by atoms with Crippen LogP contribution >= 0.6 is 0 Å². The Balaban J connectivity index is 1.75. The molecule has 0 spiro atoms. The van der Waals surface area contributed by atoms with Crippen LogP contribution in [0.5, 0.6) is 5.75 Å². The van der Waals surface area contributed by atoms with E-state index < -0.39 is 0 Å². The highest BCUT2D eigenvalue weighted by atomic mass is 16.5. The van der Waals surface area contributed by atoms with Gasteiger partial charge in [0.2, 0.25) is 0 Å². The molecule has 27 heavy (non-hydrogen) atoms. The molecule has 0 N–H and O–H groups in total. The lowest BCUT2D eigenvalue weighted by Gasteiger charge is -2.10. The standard InChI is InChI=1S/C26H38O/c1-4-6-7-8-9-10-21-27-26-19-17-25(18-20-26)24-15-13-23(14-16-24)12-11-22(3)5-2/h13-20,22H,4-12,21H2,1-3H3/t22-/m0/s1. The second-order valence-corrected chi connectivity index (χ2v) is 7.89. The fourth-order valence-corrected chi connectivity index (χ4v) is 3.30. The van der Waals surface area contributed by atoms with Crippen molar-refractivity contribution < 1.29 is 4.74 Å². The Morgan fingerprint density at radius 2 is 1.33 bits per heavy atom. The molecule has 2 rings (SSSR count). The molecule has 148 valence electrons. The van der Waals surface area contributed by atoms with E-state index in [1.165, 1.54) is 68.1 Å². The van der Waals surface area contributed by atoms with E-state index in [0.29, 0.717) is 0 Å². The van der Waals surface area contributed by atoms with Crippen LogP contribution in [0.4, 0.5) is 0 Å². The molecule has 1 atom stereocenters. The van der Waals surface area contributed by atoms with Gasteiger partial charge in [-0.2, -0.15) is 0 Å². The van der Waals surface area contributed by atoms with Gasteiger partial charge >= 0.3 is 0 Å². The van der Waals surface area contributed by atoms with E-state index in [1.54, 1.807) is 0 Å². The number of rotatable bonds is 13. The zero-order valence-corrected chi connectivity index (χ0v) is 17.7. The van der Waals surface area contributed by atoms with Gasteiger partial charge in [-0.05, 0) is 54.0 Å². The first-order valence-corrected chi connectivity index (χ1v) is 11.0. The Bertz CT molecular complexity index is 612. The van der Waals surface area contributed by atoms with Gasteiger partial charge < -0.3 is 4.74 Å². The number of benzene rings is 2. The highest BCUT2D eigenvalue weighted by Gasteiger charge is 2.02. The van der Waals surface area contributed by atoms with Crippen molar-refractivity contribution in [2.75, 3.05) is 6.61 Å². The Kier molecular flexibility index (Phi) is 10.0. The first-order valence-electron chi connectivity index (χ1n) is 11.0. The van der Waals surface area contributed by atoms with E-state index >= 15 is 0 Å². The Morgan fingerprint density at radius 1 is 0.741 bits per heavy atom. The quantitative estimate of drug-likeness (QED) is 0.326. The molecular formula is C26H38O. The van der Waals surface area contributed by atoms with E-state index in [4.69, 9.17) is 4.74 Å². The van der Waals surface area contributed by atoms with E-state index in [2.05, 4.69) is 69.3 Å². The fourth-order valence-electron chi connectivity index (χ4n) is 3.30. The minimum Gasteiger partial charge on any atom is -0.494 e. The van der Waals surface area contributed by atoms with E-state index in [1.807, 2.05) is 0 Å². The van der Waals surface area contributed by atoms with Crippen molar-refractivity contribution in [3.8, 4) is 16.9 Å². The van der Waals surface area contributed by atoms with Gasteiger partial charge in [-0.1, -0.05) is 95.7 Å². The van der Waals surface area contributed by atoms with Crippen molar-refractivity contribution in [1.29, 1.82) is 0 Å². The lowest BCUT2D eigenvalue weighted by Crippen LogP contribution is -1.97. The second-order valence-electron chi connectivity index (χ2n) is 7.89. The van der Waals surface area contributed by atoms with Crippen molar-refractivity contribution in [3.05, 3.63) is 54.1 Å². The normalized spacial score (nSPS) is 12.1. The van der Waals surface area contributed by atoms with E-state index in [-0.39, 0.29) is 0 Å². The SMILES string of the molecule is CCCCCCCCOc1ccc(-c2ccc(CC[C@@H](C)CC)cc2)cc1. The summed E-state index contributed by atoms with van der Waals surface area (Å²) in [6.07, 6.45) is 11.5. The lowest BCUT2D eigenvalue weighted by atomic mass is 9.97. The summed E-state index contributed by atoms with van der Waals surface area (Å²) in [5, 5.41) is 0. The van der Waals surface area contributed by atoms with Crippen molar-refractivity contribution >= 4 is 0 Å². The van der Waals surface area contributed by atoms with Crippen molar-refractivity contribution in [2.45, 2.75) is 78.6 Å². The summed E-state index contributed by atoms with van der Waals surface area (Å²) in [4.78, 5) is 0.